The number of carbonyl (C=O) groups is 4. The van der Waals surface area contributed by atoms with E-state index in [-0.39, 0.29) is 6.04 Å². The summed E-state index contributed by atoms with van der Waals surface area (Å²) in [4.78, 5) is 50.0. The van der Waals surface area contributed by atoms with Crippen molar-refractivity contribution in [2.45, 2.75) is 45.2 Å². The van der Waals surface area contributed by atoms with Gasteiger partial charge < -0.3 is 15.4 Å². The van der Waals surface area contributed by atoms with Gasteiger partial charge in [-0.2, -0.15) is 0 Å². The minimum absolute atomic E-state index is 0.193. The van der Waals surface area contributed by atoms with Gasteiger partial charge in [0, 0.05) is 4.88 Å². The largest absolute Gasteiger partial charge is 0.454 e. The summed E-state index contributed by atoms with van der Waals surface area (Å²) in [6.07, 6.45) is 0.866. The number of ether oxygens (including phenoxy) is 1. The Bertz CT molecular complexity index is 685. The first-order chi connectivity index (χ1) is 12.3. The van der Waals surface area contributed by atoms with E-state index < -0.39 is 42.5 Å². The maximum Gasteiger partial charge on any atom is 0.326 e. The van der Waals surface area contributed by atoms with Gasteiger partial charge in [-0.25, -0.2) is 4.79 Å². The van der Waals surface area contributed by atoms with Gasteiger partial charge in [0.1, 0.15) is 12.1 Å². The Labute approximate surface area is 155 Å². The number of rotatable bonds is 8. The van der Waals surface area contributed by atoms with Crippen LogP contribution >= 0.6 is 11.3 Å². The van der Waals surface area contributed by atoms with Crippen LogP contribution in [0.1, 0.15) is 44.5 Å². The van der Waals surface area contributed by atoms with E-state index in [0.717, 1.165) is 9.78 Å². The van der Waals surface area contributed by atoms with Gasteiger partial charge in [-0.3, -0.25) is 19.3 Å². The van der Waals surface area contributed by atoms with Crippen LogP contribution in [0.4, 0.5) is 4.79 Å². The first kappa shape index (κ1) is 19.9. The molecular weight excluding hydrogens is 358 g/mol. The van der Waals surface area contributed by atoms with Crippen molar-refractivity contribution in [2.75, 3.05) is 13.2 Å². The Hall–Kier alpha value is -2.42. The van der Waals surface area contributed by atoms with E-state index in [9.17, 15) is 19.2 Å². The van der Waals surface area contributed by atoms with E-state index in [0.29, 0.717) is 12.8 Å². The monoisotopic (exact) mass is 381 g/mol. The van der Waals surface area contributed by atoms with Crippen LogP contribution in [0.15, 0.2) is 17.5 Å². The minimum Gasteiger partial charge on any atom is -0.454 e. The van der Waals surface area contributed by atoms with Crippen molar-refractivity contribution < 1.29 is 23.9 Å². The van der Waals surface area contributed by atoms with Crippen molar-refractivity contribution in [1.82, 2.24) is 15.5 Å². The van der Waals surface area contributed by atoms with Crippen molar-refractivity contribution in [3.8, 4) is 0 Å². The maximum atomic E-state index is 12.4. The average molecular weight is 381 g/mol. The molecule has 0 spiro atoms. The summed E-state index contributed by atoms with van der Waals surface area (Å²) >= 11 is 1.51. The van der Waals surface area contributed by atoms with Gasteiger partial charge in [0.25, 0.3) is 11.8 Å². The summed E-state index contributed by atoms with van der Waals surface area (Å²) in [5.41, 5.74) is -0.967. The number of hydrogen-bond acceptors (Lipinski definition) is 6. The highest BCUT2D eigenvalue weighted by Gasteiger charge is 2.49. The van der Waals surface area contributed by atoms with E-state index in [1.165, 1.54) is 11.3 Å². The molecule has 142 valence electrons. The van der Waals surface area contributed by atoms with Crippen molar-refractivity contribution in [3.63, 3.8) is 0 Å². The molecule has 0 bridgehead atoms. The van der Waals surface area contributed by atoms with Gasteiger partial charge in [0.15, 0.2) is 6.61 Å². The molecule has 1 aliphatic rings. The van der Waals surface area contributed by atoms with Crippen LogP contribution in [0, 0.1) is 0 Å². The zero-order chi connectivity index (χ0) is 19.3. The second kappa shape index (κ2) is 8.31. The molecule has 2 heterocycles. The molecule has 8 nitrogen and oxygen atoms in total. The molecule has 1 aromatic rings. The highest BCUT2D eigenvalue weighted by atomic mass is 32.1. The fraction of sp³-hybridized carbons (Fsp3) is 0.529. The molecule has 0 unspecified atom stereocenters. The number of nitrogens with one attached hydrogen (secondary N) is 2. The Balaban J connectivity index is 1.82. The lowest BCUT2D eigenvalue weighted by Crippen LogP contribution is -2.46. The lowest BCUT2D eigenvalue weighted by molar-refractivity contribution is -0.151. The smallest absolute Gasteiger partial charge is 0.326 e. The van der Waals surface area contributed by atoms with Crippen LogP contribution in [-0.2, 0) is 19.1 Å². The summed E-state index contributed by atoms with van der Waals surface area (Å²) in [5, 5.41) is 7.25. The van der Waals surface area contributed by atoms with Crippen molar-refractivity contribution in [2.24, 2.45) is 0 Å². The molecule has 0 aliphatic carbocycles. The third-order valence-electron chi connectivity index (χ3n) is 4.45. The van der Waals surface area contributed by atoms with Gasteiger partial charge in [-0.15, -0.1) is 11.3 Å². The normalized spacial score (nSPS) is 17.0. The summed E-state index contributed by atoms with van der Waals surface area (Å²) in [7, 11) is 0. The predicted molar refractivity (Wildman–Crippen MR) is 95.4 cm³/mol. The number of esters is 1. The number of urea groups is 1. The number of thiophene rings is 1. The van der Waals surface area contributed by atoms with Gasteiger partial charge >= 0.3 is 12.0 Å². The van der Waals surface area contributed by atoms with Crippen LogP contribution < -0.4 is 10.6 Å². The second-order valence-electron chi connectivity index (χ2n) is 6.08. The molecule has 4 amide bonds. The zero-order valence-corrected chi connectivity index (χ0v) is 15.9. The highest BCUT2D eigenvalue weighted by molar-refractivity contribution is 7.10. The van der Waals surface area contributed by atoms with Crippen LogP contribution in [0.5, 0.6) is 0 Å². The Morgan fingerprint density at radius 1 is 1.35 bits per heavy atom. The van der Waals surface area contributed by atoms with Crippen LogP contribution in [-0.4, -0.2) is 47.4 Å². The van der Waals surface area contributed by atoms with E-state index in [1.54, 1.807) is 13.8 Å². The summed E-state index contributed by atoms with van der Waals surface area (Å²) in [5.74, 6) is -1.71. The Morgan fingerprint density at radius 2 is 2.04 bits per heavy atom. The van der Waals surface area contributed by atoms with Crippen molar-refractivity contribution in [1.29, 1.82) is 0 Å². The molecule has 1 saturated heterocycles. The molecule has 9 heteroatoms. The molecular formula is C17H23N3O5S. The van der Waals surface area contributed by atoms with Gasteiger partial charge in [-0.05, 0) is 31.2 Å². The fourth-order valence-electron chi connectivity index (χ4n) is 2.76. The lowest BCUT2D eigenvalue weighted by Gasteiger charge is -2.22. The van der Waals surface area contributed by atoms with E-state index in [1.807, 2.05) is 24.4 Å². The lowest BCUT2D eigenvalue weighted by atomic mass is 9.93. The Morgan fingerprint density at radius 3 is 2.58 bits per heavy atom. The summed E-state index contributed by atoms with van der Waals surface area (Å²) < 4.78 is 4.89. The van der Waals surface area contributed by atoms with Gasteiger partial charge in [-0.1, -0.05) is 19.9 Å². The first-order valence-corrected chi connectivity index (χ1v) is 9.33. The second-order valence-corrected chi connectivity index (χ2v) is 7.06. The zero-order valence-electron chi connectivity index (χ0n) is 15.0. The molecule has 1 aromatic heterocycles. The van der Waals surface area contributed by atoms with Gasteiger partial charge in [0.2, 0.25) is 0 Å². The topological polar surface area (TPSA) is 105 Å². The van der Waals surface area contributed by atoms with Gasteiger partial charge in [0.05, 0.1) is 6.04 Å². The number of amides is 4. The quantitative estimate of drug-likeness (QED) is 0.525. The van der Waals surface area contributed by atoms with E-state index in [2.05, 4.69) is 10.6 Å². The summed E-state index contributed by atoms with van der Waals surface area (Å²) in [6, 6.07) is 2.97. The Kier molecular flexibility index (Phi) is 6.36. The SMILES string of the molecule is CCC1(CC)NC(=O)N(CC(=O)OCC(=O)N[C@H](C)c2cccs2)C1=O. The number of nitrogens with zero attached hydrogens (tertiary/aromatic N) is 1. The van der Waals surface area contributed by atoms with Crippen molar-refractivity contribution in [3.05, 3.63) is 22.4 Å². The first-order valence-electron chi connectivity index (χ1n) is 8.45. The number of carbonyl (C=O) groups excluding carboxylic acids is 4. The third kappa shape index (κ3) is 4.21. The van der Waals surface area contributed by atoms with Crippen LogP contribution in [0.25, 0.3) is 0 Å². The molecule has 2 N–H and O–H groups in total. The predicted octanol–water partition coefficient (Wildman–Crippen LogP) is 1.58. The molecule has 26 heavy (non-hydrogen) atoms. The fourth-order valence-corrected chi connectivity index (χ4v) is 3.50. The number of hydrogen-bond donors (Lipinski definition) is 2. The summed E-state index contributed by atoms with van der Waals surface area (Å²) in [6.45, 7) is 4.43. The van der Waals surface area contributed by atoms with E-state index in [4.69, 9.17) is 4.74 Å². The third-order valence-corrected chi connectivity index (χ3v) is 5.51. The minimum atomic E-state index is -0.967. The standard InChI is InChI=1S/C17H23N3O5S/c1-4-17(5-2)15(23)20(16(24)19-17)9-14(22)25-10-13(21)18-11(3)12-7-6-8-26-12/h6-8,11H,4-5,9-10H2,1-3H3,(H,18,21)(H,19,24)/t11-/m1/s1. The molecule has 1 fully saturated rings. The van der Waals surface area contributed by atoms with Crippen LogP contribution in [0.3, 0.4) is 0 Å². The molecule has 0 saturated carbocycles. The van der Waals surface area contributed by atoms with Crippen molar-refractivity contribution >= 4 is 35.2 Å². The molecule has 1 atom stereocenters. The average Bonchev–Trinajstić information content (AvgIpc) is 3.23. The maximum absolute atomic E-state index is 12.4. The molecule has 1 aliphatic heterocycles. The molecule has 0 radical (unpaired) electrons. The van der Waals surface area contributed by atoms with E-state index >= 15 is 0 Å². The highest BCUT2D eigenvalue weighted by Crippen LogP contribution is 2.24. The molecule has 2 rings (SSSR count). The number of imide groups is 1. The molecule has 0 aromatic carbocycles. The van der Waals surface area contributed by atoms with Crippen LogP contribution in [0.2, 0.25) is 0 Å².